The van der Waals surface area contributed by atoms with Crippen molar-refractivity contribution >= 4 is 11.6 Å². The molecule has 0 radical (unpaired) electrons. The third kappa shape index (κ3) is 23.8. The number of carbonyl (C=O) groups excluding carboxylic acids is 2. The number of hydrogen-bond donors (Lipinski definition) is 0. The van der Waals surface area contributed by atoms with Gasteiger partial charge in [0, 0.05) is 12.8 Å². The number of allylic oxidation sites excluding steroid dienone is 4. The van der Waals surface area contributed by atoms with Gasteiger partial charge in [-0.05, 0) is 85.2 Å². The van der Waals surface area contributed by atoms with Crippen LogP contribution in [0.25, 0.3) is 0 Å². The Hall–Kier alpha value is -1.22. The normalized spacial score (nSPS) is 12.3. The van der Waals surface area contributed by atoms with Gasteiger partial charge in [-0.25, -0.2) is 0 Å². The van der Waals surface area contributed by atoms with Crippen LogP contribution < -0.4 is 0 Å². The van der Waals surface area contributed by atoms with Gasteiger partial charge >= 0.3 is 0 Å². The lowest BCUT2D eigenvalue weighted by Crippen LogP contribution is -2.54. The fourth-order valence-electron chi connectivity index (χ4n) is 5.85. The van der Waals surface area contributed by atoms with E-state index in [1.54, 1.807) is 0 Å². The van der Waals surface area contributed by atoms with Crippen LogP contribution in [0.1, 0.15) is 201 Å². The first kappa shape index (κ1) is 41.8. The molecule has 0 saturated heterocycles. The molecule has 0 spiro atoms. The lowest BCUT2D eigenvalue weighted by atomic mass is 9.84. The van der Waals surface area contributed by atoms with Crippen molar-refractivity contribution in [2.75, 3.05) is 14.1 Å². The van der Waals surface area contributed by atoms with Crippen molar-refractivity contribution < 1.29 is 9.59 Å². The second kappa shape index (κ2) is 30.8. The summed E-state index contributed by atoms with van der Waals surface area (Å²) < 4.78 is 0. The molecule has 0 aliphatic rings. The van der Waals surface area contributed by atoms with Gasteiger partial charge in [-0.2, -0.15) is 0 Å². The van der Waals surface area contributed by atoms with Crippen LogP contribution in [0.2, 0.25) is 0 Å². The van der Waals surface area contributed by atoms with Crippen LogP contribution in [0.3, 0.4) is 0 Å². The highest BCUT2D eigenvalue weighted by Gasteiger charge is 2.41. The number of hydrogen-bond acceptors (Lipinski definition) is 3. The summed E-state index contributed by atoms with van der Waals surface area (Å²) in [6, 6.07) is 0. The van der Waals surface area contributed by atoms with E-state index in [9.17, 15) is 9.59 Å². The smallest absolute Gasteiger partial charge is 0.160 e. The molecule has 0 saturated carbocycles. The first-order valence-corrected chi connectivity index (χ1v) is 18.9. The standard InChI is InChI=1S/C40H75NO2/c1-6-8-10-12-14-16-18-20-22-24-26-28-30-32-34-36-38(42)40(3,41(4)5)39(43)37-35-33-31-29-27-25-23-21-19-17-15-13-11-9-7-2/h20-23H,6-19,24-37H2,1-5H3/b22-20-,23-21-. The van der Waals surface area contributed by atoms with Gasteiger partial charge in [0.25, 0.3) is 0 Å². The number of ketones is 2. The predicted molar refractivity (Wildman–Crippen MR) is 191 cm³/mol. The van der Waals surface area contributed by atoms with Crippen molar-refractivity contribution in [3.63, 3.8) is 0 Å². The van der Waals surface area contributed by atoms with Crippen LogP contribution >= 0.6 is 0 Å². The van der Waals surface area contributed by atoms with Crippen molar-refractivity contribution in [3.05, 3.63) is 24.3 Å². The maximum absolute atomic E-state index is 13.2. The molecule has 3 heteroatoms. The maximum atomic E-state index is 13.2. The minimum absolute atomic E-state index is 0.105. The second-order valence-corrected chi connectivity index (χ2v) is 13.5. The van der Waals surface area contributed by atoms with Crippen LogP contribution in [-0.2, 0) is 9.59 Å². The minimum Gasteiger partial charge on any atom is -0.297 e. The van der Waals surface area contributed by atoms with E-state index in [2.05, 4.69) is 38.2 Å². The van der Waals surface area contributed by atoms with Crippen LogP contribution in [0.15, 0.2) is 24.3 Å². The first-order valence-electron chi connectivity index (χ1n) is 18.9. The van der Waals surface area contributed by atoms with E-state index in [0.29, 0.717) is 12.8 Å². The lowest BCUT2D eigenvalue weighted by molar-refractivity contribution is -0.141. The van der Waals surface area contributed by atoms with E-state index < -0.39 is 5.54 Å². The van der Waals surface area contributed by atoms with E-state index in [0.717, 1.165) is 25.7 Å². The van der Waals surface area contributed by atoms with E-state index in [-0.39, 0.29) is 11.6 Å². The number of Topliss-reactive ketones (excluding diaryl/α,β-unsaturated/α-hetero) is 2. The van der Waals surface area contributed by atoms with Gasteiger partial charge in [-0.1, -0.05) is 141 Å². The monoisotopic (exact) mass is 602 g/mol. The number of carbonyl (C=O) groups is 2. The molecule has 0 unspecified atom stereocenters. The van der Waals surface area contributed by atoms with Gasteiger partial charge in [-0.15, -0.1) is 0 Å². The van der Waals surface area contributed by atoms with Gasteiger partial charge in [-0.3, -0.25) is 14.5 Å². The van der Waals surface area contributed by atoms with Crippen LogP contribution in [0.4, 0.5) is 0 Å². The van der Waals surface area contributed by atoms with Crippen molar-refractivity contribution in [2.24, 2.45) is 0 Å². The van der Waals surface area contributed by atoms with Crippen LogP contribution in [0.5, 0.6) is 0 Å². The fourth-order valence-corrected chi connectivity index (χ4v) is 5.85. The van der Waals surface area contributed by atoms with Crippen LogP contribution in [0, 0.1) is 0 Å². The van der Waals surface area contributed by atoms with Gasteiger partial charge in [0.15, 0.2) is 11.6 Å². The summed E-state index contributed by atoms with van der Waals surface area (Å²) in [6.45, 7) is 6.40. The van der Waals surface area contributed by atoms with Gasteiger partial charge in [0.2, 0.25) is 0 Å². The number of likely N-dealkylation sites (N-methyl/N-ethyl adjacent to an activating group) is 1. The molecule has 252 valence electrons. The molecule has 43 heavy (non-hydrogen) atoms. The Labute approximate surface area is 270 Å². The van der Waals surface area contributed by atoms with Crippen LogP contribution in [-0.4, -0.2) is 36.1 Å². The Morgan fingerprint density at radius 3 is 0.977 bits per heavy atom. The summed E-state index contributed by atoms with van der Waals surface area (Å²) in [5.74, 6) is 0.209. The highest BCUT2D eigenvalue weighted by atomic mass is 16.2. The van der Waals surface area contributed by atoms with E-state index in [4.69, 9.17) is 0 Å². The largest absolute Gasteiger partial charge is 0.297 e. The summed E-state index contributed by atoms with van der Waals surface area (Å²) >= 11 is 0. The molecule has 0 N–H and O–H groups in total. The number of unbranched alkanes of at least 4 members (excludes halogenated alkanes) is 22. The van der Waals surface area contributed by atoms with E-state index in [1.807, 2.05) is 25.9 Å². The molecule has 0 fully saturated rings. The quantitative estimate of drug-likeness (QED) is 0.0426. The Morgan fingerprint density at radius 2 is 0.698 bits per heavy atom. The first-order chi connectivity index (χ1) is 20.9. The molecular formula is C40H75NO2. The second-order valence-electron chi connectivity index (χ2n) is 13.5. The summed E-state index contributed by atoms with van der Waals surface area (Å²) in [4.78, 5) is 28.2. The summed E-state index contributed by atoms with van der Waals surface area (Å²) in [7, 11) is 3.77. The highest BCUT2D eigenvalue weighted by molar-refractivity contribution is 6.11. The average molecular weight is 602 g/mol. The molecular weight excluding hydrogens is 526 g/mol. The molecule has 0 aromatic heterocycles. The van der Waals surface area contributed by atoms with Crippen molar-refractivity contribution in [1.29, 1.82) is 0 Å². The molecule has 0 rings (SSSR count). The molecule has 0 heterocycles. The number of nitrogens with zero attached hydrogens (tertiary/aromatic N) is 1. The molecule has 0 bridgehead atoms. The van der Waals surface area contributed by atoms with Gasteiger partial charge in [0.05, 0.1) is 0 Å². The van der Waals surface area contributed by atoms with Gasteiger partial charge in [0.1, 0.15) is 5.54 Å². The number of rotatable bonds is 33. The summed E-state index contributed by atoms with van der Waals surface area (Å²) in [6.07, 6.45) is 43.0. The molecule has 0 amide bonds. The van der Waals surface area contributed by atoms with E-state index in [1.165, 1.54) is 141 Å². The Morgan fingerprint density at radius 1 is 0.442 bits per heavy atom. The lowest BCUT2D eigenvalue weighted by Gasteiger charge is -2.33. The molecule has 0 atom stereocenters. The predicted octanol–water partition coefficient (Wildman–Crippen LogP) is 12.5. The SMILES string of the molecule is CCCCCCCC/C=C\CCCCCCCC(=O)C(C)(C(=O)CCCCCCC/C=C\CCCCCCCC)N(C)C. The topological polar surface area (TPSA) is 37.4 Å². The Balaban J connectivity index is 3.90. The fraction of sp³-hybridized carbons (Fsp3) is 0.850. The molecule has 0 aliphatic heterocycles. The maximum Gasteiger partial charge on any atom is 0.160 e. The van der Waals surface area contributed by atoms with E-state index >= 15 is 0 Å². The highest BCUT2D eigenvalue weighted by Crippen LogP contribution is 2.22. The molecule has 0 aromatic rings. The minimum atomic E-state index is -0.971. The van der Waals surface area contributed by atoms with Crippen molar-refractivity contribution in [2.45, 2.75) is 206 Å². The summed E-state index contributed by atoms with van der Waals surface area (Å²) in [5, 5.41) is 0. The van der Waals surface area contributed by atoms with Gasteiger partial charge < -0.3 is 0 Å². The molecule has 0 aliphatic carbocycles. The zero-order valence-corrected chi connectivity index (χ0v) is 29.9. The van der Waals surface area contributed by atoms with Crippen molar-refractivity contribution in [1.82, 2.24) is 4.90 Å². The third-order valence-electron chi connectivity index (χ3n) is 9.31. The average Bonchev–Trinajstić information content (AvgIpc) is 3.00. The summed E-state index contributed by atoms with van der Waals surface area (Å²) in [5.41, 5.74) is -0.971. The zero-order chi connectivity index (χ0) is 31.9. The Kier molecular flexibility index (Phi) is 29.9. The third-order valence-corrected chi connectivity index (χ3v) is 9.31. The Bertz CT molecular complexity index is 641. The zero-order valence-electron chi connectivity index (χ0n) is 29.9. The van der Waals surface area contributed by atoms with Crippen molar-refractivity contribution in [3.8, 4) is 0 Å². The molecule has 3 nitrogen and oxygen atoms in total. The molecule has 0 aromatic carbocycles.